The lowest BCUT2D eigenvalue weighted by molar-refractivity contribution is -0.140. The lowest BCUT2D eigenvalue weighted by Gasteiger charge is -2.41. The Morgan fingerprint density at radius 3 is 1.95 bits per heavy atom. The molecule has 0 aromatic rings. The Balaban J connectivity index is 2.79. The number of carbonyl (C=O) groups is 1. The van der Waals surface area contributed by atoms with Gasteiger partial charge >= 0.3 is 0 Å². The van der Waals surface area contributed by atoms with Crippen molar-refractivity contribution in [2.24, 2.45) is 11.1 Å². The minimum atomic E-state index is -0.619. The molecule has 0 radical (unpaired) electrons. The van der Waals surface area contributed by atoms with Gasteiger partial charge in [0.2, 0.25) is 5.91 Å². The van der Waals surface area contributed by atoms with Gasteiger partial charge in [0.1, 0.15) is 0 Å². The van der Waals surface area contributed by atoms with Crippen LogP contribution in [0.1, 0.15) is 52.9 Å². The van der Waals surface area contributed by atoms with Crippen LogP contribution in [0.3, 0.4) is 0 Å². The van der Waals surface area contributed by atoms with E-state index in [1.807, 2.05) is 4.90 Å². The quantitative estimate of drug-likeness (QED) is 0.699. The van der Waals surface area contributed by atoms with E-state index < -0.39 is 5.41 Å². The summed E-state index contributed by atoms with van der Waals surface area (Å²) >= 11 is 5.29. The third-order valence-corrected chi connectivity index (χ3v) is 4.82. The van der Waals surface area contributed by atoms with Gasteiger partial charge in [-0.1, -0.05) is 45.8 Å². The number of nitrogens with zero attached hydrogens (tertiary/aromatic N) is 2. The Hall–Kier alpha value is -0.680. The molecular weight excluding hydrogens is 282 g/mol. The minimum absolute atomic E-state index is 0.162. The van der Waals surface area contributed by atoms with Gasteiger partial charge in [-0.15, -0.1) is 0 Å². The largest absolute Gasteiger partial charge is 0.392 e. The Bertz CT molecular complexity index is 345. The number of thiocarbonyl (C=S) groups is 1. The first-order valence-electron chi connectivity index (χ1n) is 8.33. The average molecular weight is 314 g/mol. The molecule has 1 saturated heterocycles. The molecule has 0 aromatic carbocycles. The molecule has 1 aliphatic rings. The van der Waals surface area contributed by atoms with Crippen LogP contribution in [0.25, 0.3) is 0 Å². The third kappa shape index (κ3) is 4.39. The zero-order valence-corrected chi connectivity index (χ0v) is 14.7. The average Bonchev–Trinajstić information content (AvgIpc) is 2.47. The second-order valence-corrected chi connectivity index (χ2v) is 6.52. The number of nitrogens with two attached hydrogens (primary N) is 1. The fraction of sp³-hybridized carbons (Fsp3) is 0.875. The zero-order valence-electron chi connectivity index (χ0n) is 13.9. The summed E-state index contributed by atoms with van der Waals surface area (Å²) < 4.78 is 0. The maximum Gasteiger partial charge on any atom is 0.235 e. The molecule has 1 aliphatic heterocycles. The normalized spacial score (nSPS) is 17.0. The first-order valence-corrected chi connectivity index (χ1v) is 8.74. The molecule has 0 unspecified atom stereocenters. The van der Waals surface area contributed by atoms with Crippen LogP contribution in [0.2, 0.25) is 0 Å². The van der Waals surface area contributed by atoms with Crippen molar-refractivity contribution < 1.29 is 4.79 Å². The van der Waals surface area contributed by atoms with E-state index in [0.717, 1.165) is 64.8 Å². The van der Waals surface area contributed by atoms with Gasteiger partial charge in [-0.25, -0.2) is 0 Å². The number of hydrogen-bond acceptors (Lipinski definition) is 3. The second kappa shape index (κ2) is 8.69. The smallest absolute Gasteiger partial charge is 0.235 e. The molecule has 0 aromatic heterocycles. The first-order chi connectivity index (χ1) is 10.0. The summed E-state index contributed by atoms with van der Waals surface area (Å²) in [7, 11) is 0. The highest BCUT2D eigenvalue weighted by molar-refractivity contribution is 7.80. The molecule has 21 heavy (non-hydrogen) atoms. The molecule has 0 spiro atoms. The van der Waals surface area contributed by atoms with Crippen molar-refractivity contribution in [1.82, 2.24) is 9.80 Å². The van der Waals surface area contributed by atoms with Crippen molar-refractivity contribution in [3.8, 4) is 0 Å². The molecule has 0 saturated carbocycles. The van der Waals surface area contributed by atoms with Crippen LogP contribution in [0.4, 0.5) is 0 Å². The van der Waals surface area contributed by atoms with Crippen LogP contribution in [0, 0.1) is 5.41 Å². The molecule has 4 nitrogen and oxygen atoms in total. The Morgan fingerprint density at radius 2 is 1.57 bits per heavy atom. The molecule has 1 fully saturated rings. The van der Waals surface area contributed by atoms with Crippen molar-refractivity contribution in [2.75, 3.05) is 32.7 Å². The highest BCUT2D eigenvalue weighted by Crippen LogP contribution is 2.33. The van der Waals surface area contributed by atoms with E-state index in [1.54, 1.807) is 0 Å². The number of piperazine rings is 1. The maximum atomic E-state index is 13.0. The van der Waals surface area contributed by atoms with E-state index in [9.17, 15) is 4.79 Å². The van der Waals surface area contributed by atoms with Gasteiger partial charge in [0.05, 0.1) is 10.4 Å². The highest BCUT2D eigenvalue weighted by Gasteiger charge is 2.42. The number of rotatable bonds is 8. The van der Waals surface area contributed by atoms with Crippen LogP contribution in [0.5, 0.6) is 0 Å². The van der Waals surface area contributed by atoms with Crippen LogP contribution in [0.15, 0.2) is 0 Å². The third-order valence-electron chi connectivity index (χ3n) is 4.43. The molecular formula is C16H31N3OS. The van der Waals surface area contributed by atoms with Crippen molar-refractivity contribution in [2.45, 2.75) is 52.9 Å². The lowest BCUT2D eigenvalue weighted by Crippen LogP contribution is -2.56. The van der Waals surface area contributed by atoms with Crippen LogP contribution >= 0.6 is 12.2 Å². The minimum Gasteiger partial charge on any atom is -0.392 e. The summed E-state index contributed by atoms with van der Waals surface area (Å²) in [4.78, 5) is 17.8. The zero-order chi connectivity index (χ0) is 15.9. The number of amides is 1. The molecule has 122 valence electrons. The second-order valence-electron chi connectivity index (χ2n) is 6.08. The topological polar surface area (TPSA) is 49.6 Å². The van der Waals surface area contributed by atoms with Crippen LogP contribution in [-0.4, -0.2) is 53.4 Å². The molecule has 0 atom stereocenters. The molecule has 5 heteroatoms. The molecule has 1 rings (SSSR count). The Kier molecular flexibility index (Phi) is 7.60. The van der Waals surface area contributed by atoms with Crippen LogP contribution < -0.4 is 5.73 Å². The summed E-state index contributed by atoms with van der Waals surface area (Å²) in [5.74, 6) is 0.162. The van der Waals surface area contributed by atoms with E-state index in [-0.39, 0.29) is 5.91 Å². The summed E-state index contributed by atoms with van der Waals surface area (Å²) in [6.45, 7) is 11.0. The van der Waals surface area contributed by atoms with E-state index in [4.69, 9.17) is 18.0 Å². The van der Waals surface area contributed by atoms with Gasteiger partial charge in [0.25, 0.3) is 0 Å². The van der Waals surface area contributed by atoms with E-state index in [1.165, 1.54) is 0 Å². The number of carbonyl (C=O) groups excluding carboxylic acids is 1. The van der Waals surface area contributed by atoms with E-state index in [0.29, 0.717) is 4.99 Å². The number of hydrogen-bond donors (Lipinski definition) is 1. The summed E-state index contributed by atoms with van der Waals surface area (Å²) in [6, 6.07) is 0. The van der Waals surface area contributed by atoms with Gasteiger partial charge in [-0.2, -0.15) is 0 Å². The van der Waals surface area contributed by atoms with E-state index in [2.05, 4.69) is 25.7 Å². The van der Waals surface area contributed by atoms with E-state index >= 15 is 0 Å². The summed E-state index contributed by atoms with van der Waals surface area (Å²) in [5.41, 5.74) is 5.38. The van der Waals surface area contributed by atoms with Crippen molar-refractivity contribution in [1.29, 1.82) is 0 Å². The summed E-state index contributed by atoms with van der Waals surface area (Å²) in [6.07, 6.45) is 4.56. The Labute approximate surface area is 135 Å². The summed E-state index contributed by atoms with van der Waals surface area (Å²) in [5, 5.41) is 0. The Morgan fingerprint density at radius 1 is 1.05 bits per heavy atom. The fourth-order valence-corrected chi connectivity index (χ4v) is 3.63. The highest BCUT2D eigenvalue weighted by atomic mass is 32.1. The van der Waals surface area contributed by atoms with Gasteiger partial charge in [0.15, 0.2) is 0 Å². The predicted molar refractivity (Wildman–Crippen MR) is 92.3 cm³/mol. The lowest BCUT2D eigenvalue weighted by atomic mass is 9.77. The van der Waals surface area contributed by atoms with Crippen molar-refractivity contribution in [3.63, 3.8) is 0 Å². The SMILES string of the molecule is CCCN1CCN(C(=O)C(CCC)(CCC)C(N)=S)CC1. The monoisotopic (exact) mass is 313 g/mol. The van der Waals surface area contributed by atoms with Gasteiger partial charge < -0.3 is 10.6 Å². The molecule has 2 N–H and O–H groups in total. The molecule has 0 aliphatic carbocycles. The standard InChI is InChI=1S/C16H31N3OS/c1-4-7-16(8-5-2,14(17)21)15(20)19-12-10-18(9-6-3)11-13-19/h4-13H2,1-3H3,(H2,17,21). The maximum absolute atomic E-state index is 13.0. The van der Waals surface area contributed by atoms with Crippen molar-refractivity contribution >= 4 is 23.1 Å². The van der Waals surface area contributed by atoms with Gasteiger partial charge in [-0.3, -0.25) is 9.69 Å². The molecule has 1 heterocycles. The van der Waals surface area contributed by atoms with Gasteiger partial charge in [0, 0.05) is 26.2 Å². The van der Waals surface area contributed by atoms with Crippen molar-refractivity contribution in [3.05, 3.63) is 0 Å². The van der Waals surface area contributed by atoms with Crippen LogP contribution in [-0.2, 0) is 4.79 Å². The fourth-order valence-electron chi connectivity index (χ4n) is 3.34. The molecule has 1 amide bonds. The first kappa shape index (κ1) is 18.4. The predicted octanol–water partition coefficient (Wildman–Crippen LogP) is 2.41. The molecule has 0 bridgehead atoms. The van der Waals surface area contributed by atoms with Gasteiger partial charge in [-0.05, 0) is 25.8 Å².